The highest BCUT2D eigenvalue weighted by atomic mass is 15.0. The van der Waals surface area contributed by atoms with Gasteiger partial charge in [-0.1, -0.05) is 0 Å². The molecular formula is C7H13N2. The van der Waals surface area contributed by atoms with Gasteiger partial charge < -0.3 is 4.90 Å². The Hall–Kier alpha value is -0.550. The van der Waals surface area contributed by atoms with Crippen LogP contribution in [0, 0.1) is 17.8 Å². The number of rotatable bonds is 4. The maximum absolute atomic E-state index is 8.14. The first-order valence-corrected chi connectivity index (χ1v) is 3.10. The van der Waals surface area contributed by atoms with Crippen LogP contribution in [0.15, 0.2) is 0 Å². The molecule has 0 aliphatic carbocycles. The van der Waals surface area contributed by atoms with E-state index >= 15 is 0 Å². The monoisotopic (exact) mass is 125 g/mol. The average Bonchev–Trinajstić information content (AvgIpc) is 1.80. The fourth-order valence-electron chi connectivity index (χ4n) is 0.516. The van der Waals surface area contributed by atoms with Gasteiger partial charge in [-0.15, -0.1) is 0 Å². The lowest BCUT2D eigenvalue weighted by Gasteiger charge is -2.06. The molecule has 0 aliphatic heterocycles. The van der Waals surface area contributed by atoms with Crippen LogP contribution in [0.4, 0.5) is 0 Å². The molecule has 0 spiro atoms. The molecule has 2 heteroatoms. The first-order valence-electron chi connectivity index (χ1n) is 3.10. The molecule has 0 bridgehead atoms. The second-order valence-electron chi connectivity index (χ2n) is 2.24. The third kappa shape index (κ3) is 7.45. The van der Waals surface area contributed by atoms with Crippen LogP contribution >= 0.6 is 0 Å². The van der Waals surface area contributed by atoms with Gasteiger partial charge in [-0.05, 0) is 33.5 Å². The molecule has 1 radical (unpaired) electrons. The minimum Gasteiger partial charge on any atom is -0.309 e. The molecule has 0 saturated heterocycles. The van der Waals surface area contributed by atoms with E-state index in [0.29, 0.717) is 6.42 Å². The average molecular weight is 125 g/mol. The molecule has 0 heterocycles. The molecule has 2 nitrogen and oxygen atoms in total. The topological polar surface area (TPSA) is 27.0 Å². The fourth-order valence-corrected chi connectivity index (χ4v) is 0.516. The van der Waals surface area contributed by atoms with Crippen molar-refractivity contribution in [1.82, 2.24) is 4.90 Å². The summed E-state index contributed by atoms with van der Waals surface area (Å²) in [4.78, 5) is 2.11. The highest BCUT2D eigenvalue weighted by Gasteiger charge is 1.88. The maximum Gasteiger partial charge on any atom is 0.0624 e. The fraction of sp³-hybridized carbons (Fsp3) is 0.714. The summed E-state index contributed by atoms with van der Waals surface area (Å²) < 4.78 is 0. The van der Waals surface area contributed by atoms with Crippen LogP contribution in [0.2, 0.25) is 0 Å². The van der Waals surface area contributed by atoms with Crippen LogP contribution in [-0.4, -0.2) is 25.5 Å². The van der Waals surface area contributed by atoms with E-state index in [2.05, 4.69) is 11.0 Å². The van der Waals surface area contributed by atoms with Crippen molar-refractivity contribution < 1.29 is 0 Å². The zero-order valence-electron chi connectivity index (χ0n) is 6.09. The molecular weight excluding hydrogens is 112 g/mol. The molecule has 0 aromatic heterocycles. The summed E-state index contributed by atoms with van der Waals surface area (Å²) in [7, 11) is 4.06. The van der Waals surface area contributed by atoms with Gasteiger partial charge in [-0.25, -0.2) is 0 Å². The summed E-state index contributed by atoms with van der Waals surface area (Å²) in [6.45, 7) is 1.04. The standard InChI is InChI=1S/C7H13N2/c1-9(2)7-5-3-4-6-8/h3H,4-5,7H2,1-2H3. The van der Waals surface area contributed by atoms with Crippen LogP contribution in [0.1, 0.15) is 12.8 Å². The molecule has 0 rings (SSSR count). The van der Waals surface area contributed by atoms with Gasteiger partial charge in [0.15, 0.2) is 0 Å². The van der Waals surface area contributed by atoms with Crippen molar-refractivity contribution in [2.75, 3.05) is 20.6 Å². The summed E-state index contributed by atoms with van der Waals surface area (Å²) in [5.74, 6) is 0. The van der Waals surface area contributed by atoms with Gasteiger partial charge in [0, 0.05) is 6.42 Å². The minimum absolute atomic E-state index is 0.577. The predicted molar refractivity (Wildman–Crippen MR) is 37.7 cm³/mol. The summed E-state index contributed by atoms with van der Waals surface area (Å²) >= 11 is 0. The maximum atomic E-state index is 8.14. The van der Waals surface area contributed by atoms with Gasteiger partial charge in [0.1, 0.15) is 0 Å². The Labute approximate surface area is 57.1 Å². The van der Waals surface area contributed by atoms with E-state index in [4.69, 9.17) is 5.26 Å². The summed E-state index contributed by atoms with van der Waals surface area (Å²) in [5, 5.41) is 8.14. The Morgan fingerprint density at radius 2 is 2.22 bits per heavy atom. The Morgan fingerprint density at radius 1 is 1.56 bits per heavy atom. The number of hydrogen-bond donors (Lipinski definition) is 0. The molecule has 0 aliphatic rings. The van der Waals surface area contributed by atoms with E-state index in [0.717, 1.165) is 13.0 Å². The highest BCUT2D eigenvalue weighted by molar-refractivity contribution is 4.80. The molecule has 0 atom stereocenters. The van der Waals surface area contributed by atoms with E-state index in [1.54, 1.807) is 0 Å². The van der Waals surface area contributed by atoms with Crippen LogP contribution in [0.3, 0.4) is 0 Å². The number of unbranched alkanes of at least 4 members (excludes halogenated alkanes) is 2. The minimum atomic E-state index is 0.577. The first-order chi connectivity index (χ1) is 4.27. The van der Waals surface area contributed by atoms with Crippen molar-refractivity contribution in [1.29, 1.82) is 5.26 Å². The van der Waals surface area contributed by atoms with E-state index in [1.807, 2.05) is 20.5 Å². The molecule has 0 saturated carbocycles. The van der Waals surface area contributed by atoms with Gasteiger partial charge in [0.05, 0.1) is 6.07 Å². The summed E-state index contributed by atoms with van der Waals surface area (Å²) in [6, 6.07) is 2.07. The van der Waals surface area contributed by atoms with Crippen molar-refractivity contribution in [3.8, 4) is 6.07 Å². The van der Waals surface area contributed by atoms with Crippen molar-refractivity contribution >= 4 is 0 Å². The Kier molecular flexibility index (Phi) is 5.24. The van der Waals surface area contributed by atoms with Crippen molar-refractivity contribution in [3.63, 3.8) is 0 Å². The van der Waals surface area contributed by atoms with Gasteiger partial charge >= 0.3 is 0 Å². The van der Waals surface area contributed by atoms with Gasteiger partial charge in [-0.3, -0.25) is 0 Å². The zero-order chi connectivity index (χ0) is 7.11. The van der Waals surface area contributed by atoms with E-state index < -0.39 is 0 Å². The Balaban J connectivity index is 2.85. The molecule has 0 aromatic rings. The highest BCUT2D eigenvalue weighted by Crippen LogP contribution is 1.91. The first kappa shape index (κ1) is 8.45. The van der Waals surface area contributed by atoms with Crippen molar-refractivity contribution in [2.45, 2.75) is 12.8 Å². The Bertz CT molecular complexity index is 91.6. The molecule has 0 unspecified atom stereocenters. The SMILES string of the molecule is CN(C)CC[CH]CC#N. The molecule has 51 valence electrons. The summed E-state index contributed by atoms with van der Waals surface area (Å²) in [5.41, 5.74) is 0. The quantitative estimate of drug-likeness (QED) is 0.525. The largest absolute Gasteiger partial charge is 0.309 e. The lowest BCUT2D eigenvalue weighted by atomic mass is 10.2. The second kappa shape index (κ2) is 5.58. The van der Waals surface area contributed by atoms with Crippen LogP contribution in [-0.2, 0) is 0 Å². The zero-order valence-corrected chi connectivity index (χ0v) is 6.09. The number of nitriles is 1. The van der Waals surface area contributed by atoms with Crippen molar-refractivity contribution in [3.05, 3.63) is 6.42 Å². The molecule has 0 aromatic carbocycles. The van der Waals surface area contributed by atoms with Crippen LogP contribution in [0.25, 0.3) is 0 Å². The van der Waals surface area contributed by atoms with E-state index in [9.17, 15) is 0 Å². The summed E-state index contributed by atoms with van der Waals surface area (Å²) in [6.07, 6.45) is 3.59. The molecule has 0 amide bonds. The van der Waals surface area contributed by atoms with E-state index in [1.165, 1.54) is 0 Å². The molecule has 0 N–H and O–H groups in total. The number of hydrogen-bond acceptors (Lipinski definition) is 2. The normalized spacial score (nSPS) is 9.56. The second-order valence-corrected chi connectivity index (χ2v) is 2.24. The van der Waals surface area contributed by atoms with Crippen LogP contribution in [0.5, 0.6) is 0 Å². The van der Waals surface area contributed by atoms with Gasteiger partial charge in [0.2, 0.25) is 0 Å². The lowest BCUT2D eigenvalue weighted by molar-refractivity contribution is 0.411. The third-order valence-electron chi connectivity index (χ3n) is 1.02. The van der Waals surface area contributed by atoms with Gasteiger partial charge in [0.25, 0.3) is 0 Å². The van der Waals surface area contributed by atoms with Gasteiger partial charge in [-0.2, -0.15) is 5.26 Å². The lowest BCUT2D eigenvalue weighted by Crippen LogP contribution is -2.12. The predicted octanol–water partition coefficient (Wildman–Crippen LogP) is 1.06. The van der Waals surface area contributed by atoms with E-state index in [-0.39, 0.29) is 0 Å². The Morgan fingerprint density at radius 3 is 2.67 bits per heavy atom. The van der Waals surface area contributed by atoms with Crippen LogP contribution < -0.4 is 0 Å². The van der Waals surface area contributed by atoms with Crippen molar-refractivity contribution in [2.24, 2.45) is 0 Å². The molecule has 0 fully saturated rings. The molecule has 9 heavy (non-hydrogen) atoms. The smallest absolute Gasteiger partial charge is 0.0624 e. The number of nitrogens with zero attached hydrogens (tertiary/aromatic N) is 2. The third-order valence-corrected chi connectivity index (χ3v) is 1.02.